The first-order valence-electron chi connectivity index (χ1n) is 14.8. The molecule has 4 rings (SSSR count). The van der Waals surface area contributed by atoms with Crippen molar-refractivity contribution >= 4 is 17.2 Å². The van der Waals surface area contributed by atoms with Gasteiger partial charge in [0.25, 0.3) is 0 Å². The molecule has 3 aliphatic carbocycles. The van der Waals surface area contributed by atoms with Gasteiger partial charge in [-0.1, -0.05) is 95.0 Å². The maximum absolute atomic E-state index is 15.5. The minimum Gasteiger partial charge on any atom is -0.205 e. The molecule has 1 aromatic rings. The van der Waals surface area contributed by atoms with Crippen LogP contribution in [0.2, 0.25) is 5.02 Å². The van der Waals surface area contributed by atoms with E-state index in [0.29, 0.717) is 10.9 Å². The Bertz CT molecular complexity index is 795. The van der Waals surface area contributed by atoms with Crippen molar-refractivity contribution in [1.82, 2.24) is 0 Å². The minimum absolute atomic E-state index is 0.131. The van der Waals surface area contributed by atoms with Gasteiger partial charge >= 0.3 is 0 Å². The Kier molecular flexibility index (Phi) is 9.99. The molecule has 2 heteroatoms. The molecule has 2 fully saturated rings. The zero-order valence-electron chi connectivity index (χ0n) is 21.9. The van der Waals surface area contributed by atoms with Crippen LogP contribution < -0.4 is 0 Å². The van der Waals surface area contributed by atoms with Crippen LogP contribution in [0.3, 0.4) is 0 Å². The van der Waals surface area contributed by atoms with Crippen LogP contribution in [0.5, 0.6) is 0 Å². The maximum Gasteiger partial charge on any atom is 0.145 e. The highest BCUT2D eigenvalue weighted by Crippen LogP contribution is 2.46. The smallest absolute Gasteiger partial charge is 0.145 e. The van der Waals surface area contributed by atoms with E-state index in [1.807, 2.05) is 0 Å². The summed E-state index contributed by atoms with van der Waals surface area (Å²) in [7, 11) is 0. The van der Waals surface area contributed by atoms with Gasteiger partial charge in [0.15, 0.2) is 0 Å². The van der Waals surface area contributed by atoms with Crippen molar-refractivity contribution in [2.75, 3.05) is 0 Å². The maximum atomic E-state index is 15.5. The number of benzene rings is 1. The lowest BCUT2D eigenvalue weighted by Crippen LogP contribution is -2.25. The summed E-state index contributed by atoms with van der Waals surface area (Å²) >= 11 is 6.66. The molecule has 1 aromatic carbocycles. The average Bonchev–Trinajstić information content (AvgIpc) is 2.87. The van der Waals surface area contributed by atoms with E-state index in [2.05, 4.69) is 32.1 Å². The number of halogens is 2. The molecule has 0 bridgehead atoms. The van der Waals surface area contributed by atoms with Crippen molar-refractivity contribution in [2.45, 2.75) is 129 Å². The summed E-state index contributed by atoms with van der Waals surface area (Å²) in [4.78, 5) is 0. The number of hydrogen-bond donors (Lipinski definition) is 0. The van der Waals surface area contributed by atoms with Crippen LogP contribution in [0.1, 0.15) is 140 Å². The third-order valence-corrected chi connectivity index (χ3v) is 10.0. The highest BCUT2D eigenvalue weighted by molar-refractivity contribution is 6.32. The SMILES string of the molecule is CCCCCC1CC=C(c2ccc(C3CCC(C4CCC(CCC)CC4)CC3)c(F)c2Cl)CC1. The molecule has 3 aliphatic rings. The Labute approximate surface area is 214 Å². The van der Waals surface area contributed by atoms with Crippen molar-refractivity contribution in [1.29, 1.82) is 0 Å². The Morgan fingerprint density at radius 2 is 1.50 bits per heavy atom. The van der Waals surface area contributed by atoms with Gasteiger partial charge < -0.3 is 0 Å². The van der Waals surface area contributed by atoms with E-state index in [4.69, 9.17) is 11.6 Å². The topological polar surface area (TPSA) is 0 Å². The largest absolute Gasteiger partial charge is 0.205 e. The first-order chi connectivity index (χ1) is 16.6. The van der Waals surface area contributed by atoms with Crippen LogP contribution in [0.4, 0.5) is 4.39 Å². The molecule has 0 heterocycles. The van der Waals surface area contributed by atoms with E-state index in [1.165, 1.54) is 89.0 Å². The predicted octanol–water partition coefficient (Wildman–Crippen LogP) is 11.1. The van der Waals surface area contributed by atoms with Gasteiger partial charge in [0.2, 0.25) is 0 Å². The number of hydrogen-bond acceptors (Lipinski definition) is 0. The van der Waals surface area contributed by atoms with Gasteiger partial charge in [0, 0.05) is 0 Å². The standard InChI is InChI=1S/C32H48ClF/c1-3-5-6-8-24-11-15-27(16-12-24)29-21-22-30(32(34)31(29)33)28-19-17-26(18-20-28)25-13-9-23(7-4-2)10-14-25/h15,21-26,28H,3-14,16-20H2,1-2H3. The molecule has 0 N–H and O–H groups in total. The first kappa shape index (κ1) is 26.2. The van der Waals surface area contributed by atoms with Crippen molar-refractivity contribution in [3.8, 4) is 0 Å². The fourth-order valence-electron chi connectivity index (χ4n) is 7.46. The van der Waals surface area contributed by atoms with E-state index < -0.39 is 0 Å². The summed E-state index contributed by atoms with van der Waals surface area (Å²) in [6.07, 6.45) is 24.4. The minimum atomic E-state index is -0.131. The van der Waals surface area contributed by atoms with E-state index in [0.717, 1.165) is 60.5 Å². The van der Waals surface area contributed by atoms with Crippen molar-refractivity contribution in [3.63, 3.8) is 0 Å². The van der Waals surface area contributed by atoms with Crippen LogP contribution in [0, 0.1) is 29.5 Å². The lowest BCUT2D eigenvalue weighted by molar-refractivity contribution is 0.156. The molecule has 34 heavy (non-hydrogen) atoms. The van der Waals surface area contributed by atoms with Gasteiger partial charge in [-0.3, -0.25) is 0 Å². The normalized spacial score (nSPS) is 30.2. The van der Waals surface area contributed by atoms with Gasteiger partial charge in [0.1, 0.15) is 5.82 Å². The third kappa shape index (κ3) is 6.48. The molecule has 0 saturated heterocycles. The molecule has 0 nitrogen and oxygen atoms in total. The van der Waals surface area contributed by atoms with Crippen LogP contribution in [-0.4, -0.2) is 0 Å². The molecular weight excluding hydrogens is 439 g/mol. The quantitative estimate of drug-likeness (QED) is 0.304. The lowest BCUT2D eigenvalue weighted by atomic mass is 9.68. The Morgan fingerprint density at radius 3 is 2.12 bits per heavy atom. The Hall–Kier alpha value is -0.820. The first-order valence-corrected chi connectivity index (χ1v) is 15.2. The van der Waals surface area contributed by atoms with Gasteiger partial charge in [-0.2, -0.15) is 0 Å². The summed E-state index contributed by atoms with van der Waals surface area (Å²) < 4.78 is 15.5. The van der Waals surface area contributed by atoms with Crippen molar-refractivity contribution in [2.24, 2.45) is 23.7 Å². The number of allylic oxidation sites excluding steroid dienone is 2. The zero-order valence-corrected chi connectivity index (χ0v) is 22.7. The molecule has 0 radical (unpaired) electrons. The van der Waals surface area contributed by atoms with Gasteiger partial charge in [0.05, 0.1) is 5.02 Å². The Morgan fingerprint density at radius 1 is 0.794 bits per heavy atom. The summed E-state index contributed by atoms with van der Waals surface area (Å²) in [5.74, 6) is 3.80. The second-order valence-electron chi connectivity index (χ2n) is 11.9. The van der Waals surface area contributed by atoms with Crippen LogP contribution in [0.15, 0.2) is 18.2 Å². The summed E-state index contributed by atoms with van der Waals surface area (Å²) in [6, 6.07) is 4.21. The Balaban J connectivity index is 1.32. The molecule has 1 atom stereocenters. The highest BCUT2D eigenvalue weighted by atomic mass is 35.5. The van der Waals surface area contributed by atoms with E-state index >= 15 is 4.39 Å². The molecule has 0 aromatic heterocycles. The van der Waals surface area contributed by atoms with Crippen molar-refractivity contribution in [3.05, 3.63) is 40.2 Å². The lowest BCUT2D eigenvalue weighted by Gasteiger charge is -2.38. The number of unbranched alkanes of at least 4 members (excludes halogenated alkanes) is 2. The fraction of sp³-hybridized carbons (Fsp3) is 0.750. The zero-order chi connectivity index (χ0) is 23.9. The molecule has 0 aliphatic heterocycles. The van der Waals surface area contributed by atoms with Gasteiger partial charge in [-0.25, -0.2) is 4.39 Å². The molecule has 190 valence electrons. The van der Waals surface area contributed by atoms with Crippen LogP contribution in [-0.2, 0) is 0 Å². The monoisotopic (exact) mass is 486 g/mol. The second-order valence-corrected chi connectivity index (χ2v) is 12.3. The molecule has 2 saturated carbocycles. The van der Waals surface area contributed by atoms with Crippen LogP contribution in [0.25, 0.3) is 5.57 Å². The van der Waals surface area contributed by atoms with E-state index in [9.17, 15) is 0 Å². The molecule has 0 amide bonds. The van der Waals surface area contributed by atoms with E-state index in [1.54, 1.807) is 0 Å². The summed E-state index contributed by atoms with van der Waals surface area (Å²) in [6.45, 7) is 4.59. The molecule has 0 spiro atoms. The van der Waals surface area contributed by atoms with Gasteiger partial charge in [-0.05, 0) is 104 Å². The summed E-state index contributed by atoms with van der Waals surface area (Å²) in [5, 5.41) is 0.379. The number of rotatable bonds is 9. The fourth-order valence-corrected chi connectivity index (χ4v) is 7.76. The van der Waals surface area contributed by atoms with Crippen LogP contribution >= 0.6 is 11.6 Å². The molecule has 1 unspecified atom stereocenters. The predicted molar refractivity (Wildman–Crippen MR) is 146 cm³/mol. The summed E-state index contributed by atoms with van der Waals surface area (Å²) in [5.41, 5.74) is 3.10. The van der Waals surface area contributed by atoms with Crippen molar-refractivity contribution < 1.29 is 4.39 Å². The average molecular weight is 487 g/mol. The second kappa shape index (κ2) is 12.9. The van der Waals surface area contributed by atoms with Gasteiger partial charge in [-0.15, -0.1) is 0 Å². The highest BCUT2D eigenvalue weighted by Gasteiger charge is 2.32. The molecular formula is C32H48ClF. The van der Waals surface area contributed by atoms with E-state index in [-0.39, 0.29) is 5.82 Å². The third-order valence-electron chi connectivity index (χ3n) is 9.66.